The number of amides is 1. The third-order valence-electron chi connectivity index (χ3n) is 5.15. The molecule has 150 valence electrons. The van der Waals surface area contributed by atoms with E-state index in [2.05, 4.69) is 6.92 Å². The second-order valence-corrected chi connectivity index (χ2v) is 6.91. The summed E-state index contributed by atoms with van der Waals surface area (Å²) >= 11 is 0. The van der Waals surface area contributed by atoms with Crippen molar-refractivity contribution in [3.8, 4) is 17.2 Å². The van der Waals surface area contributed by atoms with Crippen LogP contribution in [0.5, 0.6) is 17.2 Å². The molecule has 0 aromatic heterocycles. The van der Waals surface area contributed by atoms with Gasteiger partial charge in [0, 0.05) is 13.1 Å². The largest absolute Gasteiger partial charge is 0.493 e. The van der Waals surface area contributed by atoms with Gasteiger partial charge >= 0.3 is 5.97 Å². The number of rotatable bonds is 7. The average molecular weight is 379 g/mol. The van der Waals surface area contributed by atoms with Gasteiger partial charge in [-0.1, -0.05) is 6.92 Å². The Morgan fingerprint density at radius 3 is 2.04 bits per heavy atom. The summed E-state index contributed by atoms with van der Waals surface area (Å²) in [6.07, 6.45) is 4.22. The molecule has 0 heterocycles. The summed E-state index contributed by atoms with van der Waals surface area (Å²) in [5.41, 5.74) is 0.228. The summed E-state index contributed by atoms with van der Waals surface area (Å²) in [5.74, 6) is 0.984. The van der Waals surface area contributed by atoms with Crippen LogP contribution in [-0.4, -0.2) is 57.8 Å². The number of ether oxygens (including phenoxy) is 4. The SMILES string of the molecule is COc1cc(C(=O)OCC(=O)N(C)C2CCC(C)CC2)cc(OC)c1OC. The van der Waals surface area contributed by atoms with E-state index in [0.29, 0.717) is 23.2 Å². The minimum absolute atomic E-state index is 0.199. The van der Waals surface area contributed by atoms with Crippen molar-refractivity contribution in [2.45, 2.75) is 38.6 Å². The van der Waals surface area contributed by atoms with Gasteiger partial charge in [0.15, 0.2) is 18.1 Å². The summed E-state index contributed by atoms with van der Waals surface area (Å²) in [4.78, 5) is 26.5. The van der Waals surface area contributed by atoms with Gasteiger partial charge in [-0.2, -0.15) is 0 Å². The second-order valence-electron chi connectivity index (χ2n) is 6.91. The van der Waals surface area contributed by atoms with Crippen molar-refractivity contribution in [3.05, 3.63) is 17.7 Å². The van der Waals surface area contributed by atoms with Crippen LogP contribution < -0.4 is 14.2 Å². The zero-order valence-corrected chi connectivity index (χ0v) is 16.7. The highest BCUT2D eigenvalue weighted by Gasteiger charge is 2.26. The maximum absolute atomic E-state index is 12.4. The molecule has 1 amide bonds. The molecule has 2 rings (SSSR count). The van der Waals surface area contributed by atoms with E-state index in [1.807, 2.05) is 0 Å². The molecule has 0 saturated heterocycles. The first-order valence-corrected chi connectivity index (χ1v) is 9.14. The molecule has 1 saturated carbocycles. The van der Waals surface area contributed by atoms with E-state index in [9.17, 15) is 9.59 Å². The van der Waals surface area contributed by atoms with Crippen molar-refractivity contribution in [1.29, 1.82) is 0 Å². The Balaban J connectivity index is 1.99. The van der Waals surface area contributed by atoms with Gasteiger partial charge < -0.3 is 23.8 Å². The third-order valence-corrected chi connectivity index (χ3v) is 5.15. The highest BCUT2D eigenvalue weighted by Crippen LogP contribution is 2.38. The van der Waals surface area contributed by atoms with Crippen LogP contribution >= 0.6 is 0 Å². The number of likely N-dealkylation sites (N-methyl/N-ethyl adjacent to an activating group) is 1. The first-order valence-electron chi connectivity index (χ1n) is 9.14. The van der Waals surface area contributed by atoms with Crippen LogP contribution in [0.3, 0.4) is 0 Å². The normalized spacial score (nSPS) is 19.1. The molecule has 0 N–H and O–H groups in total. The van der Waals surface area contributed by atoms with Crippen LogP contribution in [0, 0.1) is 5.92 Å². The number of methoxy groups -OCH3 is 3. The lowest BCUT2D eigenvalue weighted by Crippen LogP contribution is -2.41. The highest BCUT2D eigenvalue weighted by molar-refractivity contribution is 5.92. The lowest BCUT2D eigenvalue weighted by molar-refractivity contribution is -0.136. The number of carbonyl (C=O) groups is 2. The van der Waals surface area contributed by atoms with Gasteiger partial charge in [-0.25, -0.2) is 4.79 Å². The molecule has 1 aromatic carbocycles. The van der Waals surface area contributed by atoms with Crippen molar-refractivity contribution in [2.75, 3.05) is 35.0 Å². The van der Waals surface area contributed by atoms with E-state index in [-0.39, 0.29) is 24.1 Å². The lowest BCUT2D eigenvalue weighted by atomic mass is 9.87. The first kappa shape index (κ1) is 20.9. The average Bonchev–Trinajstić information content (AvgIpc) is 2.70. The molecule has 0 spiro atoms. The Labute approximate surface area is 160 Å². The summed E-state index contributed by atoms with van der Waals surface area (Å²) in [7, 11) is 6.20. The zero-order valence-electron chi connectivity index (χ0n) is 16.7. The Hall–Kier alpha value is -2.44. The number of nitrogens with zero attached hydrogens (tertiary/aromatic N) is 1. The Morgan fingerprint density at radius 2 is 1.56 bits per heavy atom. The first-order chi connectivity index (χ1) is 12.9. The fourth-order valence-corrected chi connectivity index (χ4v) is 3.34. The molecule has 27 heavy (non-hydrogen) atoms. The van der Waals surface area contributed by atoms with Crippen LogP contribution in [0.25, 0.3) is 0 Å². The summed E-state index contributed by atoms with van der Waals surface area (Å²) in [5, 5.41) is 0. The Morgan fingerprint density at radius 1 is 1.00 bits per heavy atom. The monoisotopic (exact) mass is 379 g/mol. The van der Waals surface area contributed by atoms with E-state index < -0.39 is 5.97 Å². The van der Waals surface area contributed by atoms with E-state index in [0.717, 1.165) is 25.7 Å². The molecule has 1 fully saturated rings. The standard InChI is InChI=1S/C20H29NO6/c1-13-6-8-15(9-7-13)21(2)18(22)12-27-20(23)14-10-16(24-3)19(26-5)17(11-14)25-4/h10-11,13,15H,6-9,12H2,1-5H3. The predicted molar refractivity (Wildman–Crippen MR) is 101 cm³/mol. The van der Waals surface area contributed by atoms with Crippen molar-refractivity contribution in [2.24, 2.45) is 5.92 Å². The van der Waals surface area contributed by atoms with E-state index in [1.165, 1.54) is 33.5 Å². The Kier molecular flexibility index (Phi) is 7.33. The minimum Gasteiger partial charge on any atom is -0.493 e. The molecule has 1 aliphatic rings. The molecule has 1 aliphatic carbocycles. The van der Waals surface area contributed by atoms with Gasteiger partial charge in [0.25, 0.3) is 5.91 Å². The summed E-state index contributed by atoms with van der Waals surface area (Å²) in [6, 6.07) is 3.22. The van der Waals surface area contributed by atoms with Gasteiger partial charge in [-0.15, -0.1) is 0 Å². The maximum atomic E-state index is 12.4. The van der Waals surface area contributed by atoms with Crippen molar-refractivity contribution >= 4 is 11.9 Å². The van der Waals surface area contributed by atoms with Crippen LogP contribution in [0.4, 0.5) is 0 Å². The fraction of sp³-hybridized carbons (Fsp3) is 0.600. The quantitative estimate of drug-likeness (QED) is 0.678. The van der Waals surface area contributed by atoms with E-state index in [1.54, 1.807) is 11.9 Å². The van der Waals surface area contributed by atoms with Gasteiger partial charge in [-0.05, 0) is 43.7 Å². The highest BCUT2D eigenvalue weighted by atomic mass is 16.5. The van der Waals surface area contributed by atoms with E-state index in [4.69, 9.17) is 18.9 Å². The Bertz CT molecular complexity index is 641. The topological polar surface area (TPSA) is 74.3 Å². The number of hydrogen-bond acceptors (Lipinski definition) is 6. The molecule has 7 heteroatoms. The molecule has 7 nitrogen and oxygen atoms in total. The minimum atomic E-state index is -0.617. The summed E-state index contributed by atoms with van der Waals surface area (Å²) in [6.45, 7) is 1.94. The number of esters is 1. The predicted octanol–water partition coefficient (Wildman–Crippen LogP) is 2.91. The van der Waals surface area contributed by atoms with Crippen molar-refractivity contribution in [1.82, 2.24) is 4.90 Å². The van der Waals surface area contributed by atoms with Crippen LogP contribution in [0.2, 0.25) is 0 Å². The third kappa shape index (κ3) is 5.05. The van der Waals surface area contributed by atoms with Gasteiger partial charge in [0.1, 0.15) is 0 Å². The van der Waals surface area contributed by atoms with E-state index >= 15 is 0 Å². The maximum Gasteiger partial charge on any atom is 0.338 e. The number of hydrogen-bond donors (Lipinski definition) is 0. The van der Waals surface area contributed by atoms with Gasteiger partial charge in [0.2, 0.25) is 5.75 Å². The molecule has 0 bridgehead atoms. The fourth-order valence-electron chi connectivity index (χ4n) is 3.34. The van der Waals surface area contributed by atoms with Crippen molar-refractivity contribution < 1.29 is 28.5 Å². The molecule has 0 aliphatic heterocycles. The molecular formula is C20H29NO6. The number of benzene rings is 1. The van der Waals surface area contributed by atoms with Gasteiger partial charge in [0.05, 0.1) is 26.9 Å². The number of carbonyl (C=O) groups excluding carboxylic acids is 2. The van der Waals surface area contributed by atoms with Gasteiger partial charge in [-0.3, -0.25) is 4.79 Å². The molecule has 1 aromatic rings. The molecule has 0 unspecified atom stereocenters. The van der Waals surface area contributed by atoms with Crippen LogP contribution in [0.1, 0.15) is 43.0 Å². The lowest BCUT2D eigenvalue weighted by Gasteiger charge is -2.33. The summed E-state index contributed by atoms with van der Waals surface area (Å²) < 4.78 is 20.9. The van der Waals surface area contributed by atoms with Crippen molar-refractivity contribution in [3.63, 3.8) is 0 Å². The molecular weight excluding hydrogens is 350 g/mol. The van der Waals surface area contributed by atoms with Crippen LogP contribution in [-0.2, 0) is 9.53 Å². The smallest absolute Gasteiger partial charge is 0.338 e. The zero-order chi connectivity index (χ0) is 20.0. The van der Waals surface area contributed by atoms with Crippen LogP contribution in [0.15, 0.2) is 12.1 Å². The molecule has 0 radical (unpaired) electrons. The second kappa shape index (κ2) is 9.48. The molecule has 0 atom stereocenters.